The van der Waals surface area contributed by atoms with Crippen molar-refractivity contribution < 1.29 is 13.2 Å². The first-order chi connectivity index (χ1) is 16.0. The molecule has 0 saturated heterocycles. The first kappa shape index (κ1) is 24.7. The largest absolute Gasteiger partial charge is 0.476 e. The number of nitriles is 1. The van der Waals surface area contributed by atoms with E-state index in [4.69, 9.17) is 4.74 Å². The first-order valence-corrected chi connectivity index (χ1v) is 13.1. The van der Waals surface area contributed by atoms with E-state index in [1.54, 1.807) is 30.3 Å². The standard InChI is InChI=1S/C26H31N3O3S/c1-3-4-5-6-7-8-11-18-32-26-25(28-22-12-9-10-13-23(22)29-26)24(19-27)33(30,31)21-16-14-20(2)15-17-21/h9-10,12-17,24H,3-8,11,18H2,1-2H3. The molecular formula is C26H31N3O3S. The highest BCUT2D eigenvalue weighted by atomic mass is 32.2. The molecule has 7 heteroatoms. The highest BCUT2D eigenvalue weighted by Gasteiger charge is 2.34. The Morgan fingerprint density at radius 1 is 0.909 bits per heavy atom. The van der Waals surface area contributed by atoms with Crippen LogP contribution in [0.5, 0.6) is 5.88 Å². The highest BCUT2D eigenvalue weighted by Crippen LogP contribution is 2.33. The quantitative estimate of drug-likeness (QED) is 0.300. The van der Waals surface area contributed by atoms with E-state index in [2.05, 4.69) is 16.9 Å². The average Bonchev–Trinajstić information content (AvgIpc) is 2.81. The molecule has 0 aliphatic carbocycles. The molecule has 174 valence electrons. The molecule has 0 spiro atoms. The van der Waals surface area contributed by atoms with Crippen LogP contribution in [-0.4, -0.2) is 25.0 Å². The number of para-hydroxylation sites is 2. The molecule has 2 aromatic carbocycles. The van der Waals surface area contributed by atoms with Crippen molar-refractivity contribution in [3.8, 4) is 11.9 Å². The normalized spacial score (nSPS) is 12.4. The van der Waals surface area contributed by atoms with Gasteiger partial charge in [-0.2, -0.15) is 5.26 Å². The van der Waals surface area contributed by atoms with Gasteiger partial charge in [0.05, 0.1) is 28.6 Å². The lowest BCUT2D eigenvalue weighted by atomic mass is 10.1. The molecule has 0 aliphatic heterocycles. The van der Waals surface area contributed by atoms with E-state index in [-0.39, 0.29) is 16.5 Å². The van der Waals surface area contributed by atoms with Crippen LogP contribution in [-0.2, 0) is 9.84 Å². The minimum atomic E-state index is -4.00. The number of unbranched alkanes of at least 4 members (excludes halogenated alkanes) is 6. The van der Waals surface area contributed by atoms with Crippen LogP contribution in [0.4, 0.5) is 0 Å². The second kappa shape index (κ2) is 11.8. The molecule has 0 fully saturated rings. The lowest BCUT2D eigenvalue weighted by Crippen LogP contribution is -2.16. The van der Waals surface area contributed by atoms with Crippen molar-refractivity contribution in [2.45, 2.75) is 68.9 Å². The third-order valence-electron chi connectivity index (χ3n) is 5.58. The predicted molar refractivity (Wildman–Crippen MR) is 130 cm³/mol. The molecule has 6 nitrogen and oxygen atoms in total. The molecular weight excluding hydrogens is 434 g/mol. The second-order valence-electron chi connectivity index (χ2n) is 8.24. The van der Waals surface area contributed by atoms with E-state index in [9.17, 15) is 13.7 Å². The summed E-state index contributed by atoms with van der Waals surface area (Å²) in [4.78, 5) is 9.12. The van der Waals surface area contributed by atoms with Gasteiger partial charge in [0.25, 0.3) is 0 Å². The number of ether oxygens (including phenoxy) is 1. The van der Waals surface area contributed by atoms with Gasteiger partial charge in [0.15, 0.2) is 5.25 Å². The van der Waals surface area contributed by atoms with Gasteiger partial charge in [-0.05, 0) is 37.6 Å². The Kier molecular flexibility index (Phi) is 8.79. The molecule has 0 N–H and O–H groups in total. The first-order valence-electron chi connectivity index (χ1n) is 11.6. The number of hydrogen-bond donors (Lipinski definition) is 0. The molecule has 1 atom stereocenters. The van der Waals surface area contributed by atoms with Crippen molar-refractivity contribution in [1.82, 2.24) is 9.97 Å². The molecule has 1 aromatic heterocycles. The van der Waals surface area contributed by atoms with Crippen molar-refractivity contribution in [1.29, 1.82) is 5.26 Å². The lowest BCUT2D eigenvalue weighted by molar-refractivity contribution is 0.290. The van der Waals surface area contributed by atoms with E-state index in [1.807, 2.05) is 19.1 Å². The smallest absolute Gasteiger partial charge is 0.238 e. The number of rotatable bonds is 12. The van der Waals surface area contributed by atoms with Crippen molar-refractivity contribution >= 4 is 20.9 Å². The number of fused-ring (bicyclic) bond motifs is 1. The maximum atomic E-state index is 13.3. The lowest BCUT2D eigenvalue weighted by Gasteiger charge is -2.15. The SMILES string of the molecule is CCCCCCCCCOc1nc2ccccc2nc1C(C#N)S(=O)(=O)c1ccc(C)cc1. The maximum absolute atomic E-state index is 13.3. The number of nitrogens with zero attached hydrogens (tertiary/aromatic N) is 3. The summed E-state index contributed by atoms with van der Waals surface area (Å²) >= 11 is 0. The molecule has 0 radical (unpaired) electrons. The van der Waals surface area contributed by atoms with Gasteiger partial charge in [0.2, 0.25) is 15.7 Å². The van der Waals surface area contributed by atoms with Crippen LogP contribution >= 0.6 is 0 Å². The topological polar surface area (TPSA) is 92.9 Å². The zero-order valence-corrected chi connectivity index (χ0v) is 20.1. The Hall–Kier alpha value is -2.98. The van der Waals surface area contributed by atoms with Crippen LogP contribution in [0.15, 0.2) is 53.4 Å². The van der Waals surface area contributed by atoms with Crippen molar-refractivity contribution in [3.05, 3.63) is 59.8 Å². The molecule has 0 amide bonds. The molecule has 1 unspecified atom stereocenters. The summed E-state index contributed by atoms with van der Waals surface area (Å²) in [5.74, 6) is 0.113. The Bertz CT molecular complexity index is 1200. The fourth-order valence-electron chi connectivity index (χ4n) is 3.64. The Morgan fingerprint density at radius 3 is 2.15 bits per heavy atom. The van der Waals surface area contributed by atoms with Crippen molar-refractivity contribution in [3.63, 3.8) is 0 Å². The van der Waals surface area contributed by atoms with Gasteiger partial charge in [-0.3, -0.25) is 0 Å². The predicted octanol–water partition coefficient (Wildman–Crippen LogP) is 6.11. The second-order valence-corrected chi connectivity index (χ2v) is 10.3. The number of aryl methyl sites for hydroxylation is 1. The van der Waals surface area contributed by atoms with Crippen LogP contribution in [0, 0.1) is 18.3 Å². The maximum Gasteiger partial charge on any atom is 0.238 e. The molecule has 3 aromatic rings. The van der Waals surface area contributed by atoms with Crippen molar-refractivity contribution in [2.75, 3.05) is 6.61 Å². The van der Waals surface area contributed by atoms with Crippen LogP contribution in [0.3, 0.4) is 0 Å². The molecule has 0 aliphatic rings. The molecule has 3 rings (SSSR count). The van der Waals surface area contributed by atoms with Crippen LogP contribution in [0.2, 0.25) is 0 Å². The third-order valence-corrected chi connectivity index (χ3v) is 7.45. The van der Waals surface area contributed by atoms with Crippen LogP contribution in [0.25, 0.3) is 11.0 Å². The van der Waals surface area contributed by atoms with Gasteiger partial charge in [0, 0.05) is 0 Å². The number of benzene rings is 2. The summed E-state index contributed by atoms with van der Waals surface area (Å²) in [6, 6.07) is 15.6. The number of sulfone groups is 1. The fraction of sp³-hybridized carbons (Fsp3) is 0.423. The Morgan fingerprint density at radius 2 is 1.52 bits per heavy atom. The molecule has 0 bridgehead atoms. The summed E-state index contributed by atoms with van der Waals surface area (Å²) in [5.41, 5.74) is 2.10. The summed E-state index contributed by atoms with van der Waals surface area (Å²) < 4.78 is 32.6. The van der Waals surface area contributed by atoms with E-state index in [1.165, 1.54) is 37.8 Å². The molecule has 0 saturated carbocycles. The van der Waals surface area contributed by atoms with Gasteiger partial charge >= 0.3 is 0 Å². The van der Waals surface area contributed by atoms with Gasteiger partial charge in [0.1, 0.15) is 5.69 Å². The monoisotopic (exact) mass is 465 g/mol. The number of aromatic nitrogens is 2. The Labute approximate surface area is 196 Å². The highest BCUT2D eigenvalue weighted by molar-refractivity contribution is 7.92. The third kappa shape index (κ3) is 6.29. The number of hydrogen-bond acceptors (Lipinski definition) is 6. The summed E-state index contributed by atoms with van der Waals surface area (Å²) in [6.45, 7) is 4.48. The zero-order chi connectivity index (χ0) is 23.7. The van der Waals surface area contributed by atoms with Gasteiger partial charge in [-0.1, -0.05) is 75.3 Å². The Balaban J connectivity index is 1.85. The van der Waals surface area contributed by atoms with E-state index in [0.717, 1.165) is 24.8 Å². The summed E-state index contributed by atoms with van der Waals surface area (Å²) in [6.07, 6.45) is 7.95. The molecule has 33 heavy (non-hydrogen) atoms. The van der Waals surface area contributed by atoms with Crippen LogP contribution < -0.4 is 4.74 Å². The average molecular weight is 466 g/mol. The minimum absolute atomic E-state index is 0.0414. The summed E-state index contributed by atoms with van der Waals surface area (Å²) in [5, 5.41) is 8.37. The van der Waals surface area contributed by atoms with Gasteiger partial charge in [-0.25, -0.2) is 18.4 Å². The van der Waals surface area contributed by atoms with E-state index >= 15 is 0 Å². The van der Waals surface area contributed by atoms with Gasteiger partial charge < -0.3 is 4.74 Å². The molecule has 1 heterocycles. The van der Waals surface area contributed by atoms with E-state index in [0.29, 0.717) is 17.6 Å². The van der Waals surface area contributed by atoms with Crippen LogP contribution in [0.1, 0.15) is 68.4 Å². The zero-order valence-electron chi connectivity index (χ0n) is 19.3. The van der Waals surface area contributed by atoms with Crippen molar-refractivity contribution in [2.24, 2.45) is 0 Å². The fourth-order valence-corrected chi connectivity index (χ4v) is 5.02. The minimum Gasteiger partial charge on any atom is -0.476 e. The van der Waals surface area contributed by atoms with Gasteiger partial charge in [-0.15, -0.1) is 0 Å². The summed E-state index contributed by atoms with van der Waals surface area (Å²) in [7, 11) is -4.00. The van der Waals surface area contributed by atoms with E-state index < -0.39 is 15.1 Å².